The second-order valence-corrected chi connectivity index (χ2v) is 3.97. The van der Waals surface area contributed by atoms with Crippen LogP contribution in [0.3, 0.4) is 0 Å². The Morgan fingerprint density at radius 1 is 1.31 bits per heavy atom. The molecule has 88 valence electrons. The largest absolute Gasteiger partial charge is 0.326 e. The number of amides is 1. The monoisotopic (exact) mass is 220 g/mol. The first-order chi connectivity index (χ1) is 7.63. The van der Waals surface area contributed by atoms with Crippen molar-refractivity contribution in [3.8, 4) is 0 Å². The summed E-state index contributed by atoms with van der Waals surface area (Å²) in [6.45, 7) is 7.71. The topological polar surface area (TPSA) is 41.1 Å². The third kappa shape index (κ3) is 4.03. The highest BCUT2D eigenvalue weighted by Gasteiger charge is 2.03. The molecule has 0 fully saturated rings. The molecule has 0 spiro atoms. The van der Waals surface area contributed by atoms with E-state index in [0.717, 1.165) is 24.3 Å². The third-order valence-corrected chi connectivity index (χ3v) is 2.43. The summed E-state index contributed by atoms with van der Waals surface area (Å²) in [5.41, 5.74) is 3.23. The molecule has 0 saturated carbocycles. The molecule has 0 radical (unpaired) electrons. The molecule has 0 saturated heterocycles. The standard InChI is InChI=1S/C13H20N2O/c1-4-14-8-7-13(16)15-12-6-5-10(2)9-11(12)3/h5-6,9,14H,4,7-8H2,1-3H3,(H,15,16). The van der Waals surface area contributed by atoms with Crippen LogP contribution in [0.15, 0.2) is 18.2 Å². The lowest BCUT2D eigenvalue weighted by Crippen LogP contribution is -2.21. The minimum atomic E-state index is 0.0629. The van der Waals surface area contributed by atoms with E-state index in [1.165, 1.54) is 5.56 Å². The fourth-order valence-electron chi connectivity index (χ4n) is 1.55. The summed E-state index contributed by atoms with van der Waals surface area (Å²) in [4.78, 5) is 11.6. The molecule has 16 heavy (non-hydrogen) atoms. The minimum Gasteiger partial charge on any atom is -0.326 e. The highest BCUT2D eigenvalue weighted by Crippen LogP contribution is 2.15. The smallest absolute Gasteiger partial charge is 0.225 e. The van der Waals surface area contributed by atoms with Crippen LogP contribution in [0.5, 0.6) is 0 Å². The second kappa shape index (κ2) is 6.28. The first-order valence-corrected chi connectivity index (χ1v) is 5.71. The van der Waals surface area contributed by atoms with Crippen LogP contribution < -0.4 is 10.6 Å². The summed E-state index contributed by atoms with van der Waals surface area (Å²) < 4.78 is 0. The first kappa shape index (κ1) is 12.7. The normalized spacial score (nSPS) is 10.2. The Hall–Kier alpha value is -1.35. The lowest BCUT2D eigenvalue weighted by Gasteiger charge is -2.09. The molecule has 0 aliphatic heterocycles. The van der Waals surface area contributed by atoms with Crippen molar-refractivity contribution >= 4 is 11.6 Å². The van der Waals surface area contributed by atoms with Crippen LogP contribution in [0, 0.1) is 13.8 Å². The predicted octanol–water partition coefficient (Wildman–Crippen LogP) is 2.24. The summed E-state index contributed by atoms with van der Waals surface area (Å²) >= 11 is 0. The van der Waals surface area contributed by atoms with Crippen LogP contribution in [-0.2, 0) is 4.79 Å². The maximum atomic E-state index is 11.6. The molecule has 3 nitrogen and oxygen atoms in total. The van der Waals surface area contributed by atoms with Crippen molar-refractivity contribution < 1.29 is 4.79 Å². The zero-order valence-corrected chi connectivity index (χ0v) is 10.3. The quantitative estimate of drug-likeness (QED) is 0.747. The van der Waals surface area contributed by atoms with E-state index in [2.05, 4.69) is 16.7 Å². The van der Waals surface area contributed by atoms with Crippen LogP contribution in [-0.4, -0.2) is 19.0 Å². The van der Waals surface area contributed by atoms with Gasteiger partial charge in [0.2, 0.25) is 5.91 Å². The lowest BCUT2D eigenvalue weighted by molar-refractivity contribution is -0.116. The molecule has 0 aliphatic rings. The van der Waals surface area contributed by atoms with Gasteiger partial charge in [0.25, 0.3) is 0 Å². The second-order valence-electron chi connectivity index (χ2n) is 3.97. The number of nitrogens with one attached hydrogen (secondary N) is 2. The van der Waals surface area contributed by atoms with Crippen molar-refractivity contribution in [2.75, 3.05) is 18.4 Å². The number of hydrogen-bond acceptors (Lipinski definition) is 2. The minimum absolute atomic E-state index is 0.0629. The van der Waals surface area contributed by atoms with E-state index in [1.54, 1.807) is 0 Å². The van der Waals surface area contributed by atoms with Gasteiger partial charge in [0.1, 0.15) is 0 Å². The SMILES string of the molecule is CCNCCC(=O)Nc1ccc(C)cc1C. The summed E-state index contributed by atoms with van der Waals surface area (Å²) in [7, 11) is 0. The Morgan fingerprint density at radius 3 is 2.69 bits per heavy atom. The number of anilines is 1. The molecule has 0 atom stereocenters. The molecule has 0 heterocycles. The van der Waals surface area contributed by atoms with E-state index in [1.807, 2.05) is 32.9 Å². The van der Waals surface area contributed by atoms with Crippen LogP contribution in [0.25, 0.3) is 0 Å². The summed E-state index contributed by atoms with van der Waals surface area (Å²) in [5, 5.41) is 6.05. The van der Waals surface area contributed by atoms with Gasteiger partial charge < -0.3 is 10.6 Å². The molecular formula is C13H20N2O. The number of carbonyl (C=O) groups excluding carboxylic acids is 1. The van der Waals surface area contributed by atoms with Gasteiger partial charge in [0, 0.05) is 18.7 Å². The first-order valence-electron chi connectivity index (χ1n) is 5.71. The number of hydrogen-bond donors (Lipinski definition) is 2. The molecule has 0 aromatic heterocycles. The maximum Gasteiger partial charge on any atom is 0.225 e. The predicted molar refractivity (Wildman–Crippen MR) is 67.7 cm³/mol. The highest BCUT2D eigenvalue weighted by molar-refractivity contribution is 5.91. The van der Waals surface area contributed by atoms with Crippen LogP contribution in [0.1, 0.15) is 24.5 Å². The molecule has 0 unspecified atom stereocenters. The van der Waals surface area contributed by atoms with E-state index in [9.17, 15) is 4.79 Å². The zero-order chi connectivity index (χ0) is 12.0. The van der Waals surface area contributed by atoms with Gasteiger partial charge in [0.05, 0.1) is 0 Å². The van der Waals surface area contributed by atoms with Gasteiger partial charge in [0.15, 0.2) is 0 Å². The van der Waals surface area contributed by atoms with E-state index in [0.29, 0.717) is 6.42 Å². The van der Waals surface area contributed by atoms with Gasteiger partial charge >= 0.3 is 0 Å². The van der Waals surface area contributed by atoms with E-state index in [4.69, 9.17) is 0 Å². The summed E-state index contributed by atoms with van der Waals surface area (Å²) in [6, 6.07) is 6.03. The van der Waals surface area contributed by atoms with Gasteiger partial charge in [-0.3, -0.25) is 4.79 Å². The Morgan fingerprint density at radius 2 is 2.06 bits per heavy atom. The molecule has 0 aliphatic carbocycles. The van der Waals surface area contributed by atoms with Crippen molar-refractivity contribution in [2.45, 2.75) is 27.2 Å². The fraction of sp³-hybridized carbons (Fsp3) is 0.462. The summed E-state index contributed by atoms with van der Waals surface area (Å²) in [5.74, 6) is 0.0629. The number of benzene rings is 1. The maximum absolute atomic E-state index is 11.6. The van der Waals surface area contributed by atoms with Crippen molar-refractivity contribution in [3.63, 3.8) is 0 Å². The average molecular weight is 220 g/mol. The van der Waals surface area contributed by atoms with Gasteiger partial charge in [-0.05, 0) is 32.0 Å². The lowest BCUT2D eigenvalue weighted by atomic mass is 10.1. The van der Waals surface area contributed by atoms with Gasteiger partial charge in [-0.2, -0.15) is 0 Å². The van der Waals surface area contributed by atoms with E-state index in [-0.39, 0.29) is 5.91 Å². The molecule has 1 rings (SSSR count). The Labute approximate surface area is 97.2 Å². The Balaban J connectivity index is 2.49. The van der Waals surface area contributed by atoms with Gasteiger partial charge in [-0.15, -0.1) is 0 Å². The molecule has 0 bridgehead atoms. The molecular weight excluding hydrogens is 200 g/mol. The Kier molecular flexibility index (Phi) is 4.99. The van der Waals surface area contributed by atoms with Gasteiger partial charge in [-0.1, -0.05) is 24.6 Å². The number of aryl methyl sites for hydroxylation is 2. The molecule has 1 aromatic carbocycles. The van der Waals surface area contributed by atoms with Gasteiger partial charge in [-0.25, -0.2) is 0 Å². The fourth-order valence-corrected chi connectivity index (χ4v) is 1.55. The third-order valence-electron chi connectivity index (χ3n) is 2.43. The molecule has 3 heteroatoms. The van der Waals surface area contributed by atoms with Crippen molar-refractivity contribution in [1.29, 1.82) is 0 Å². The van der Waals surface area contributed by atoms with Crippen molar-refractivity contribution in [1.82, 2.24) is 5.32 Å². The molecule has 1 aromatic rings. The van der Waals surface area contributed by atoms with Crippen LogP contribution >= 0.6 is 0 Å². The van der Waals surface area contributed by atoms with Crippen LogP contribution in [0.2, 0.25) is 0 Å². The van der Waals surface area contributed by atoms with E-state index >= 15 is 0 Å². The Bertz CT molecular complexity index is 361. The molecule has 1 amide bonds. The van der Waals surface area contributed by atoms with Crippen LogP contribution in [0.4, 0.5) is 5.69 Å². The number of carbonyl (C=O) groups is 1. The molecule has 2 N–H and O–H groups in total. The van der Waals surface area contributed by atoms with Crippen molar-refractivity contribution in [2.24, 2.45) is 0 Å². The van der Waals surface area contributed by atoms with E-state index < -0.39 is 0 Å². The average Bonchev–Trinajstić information content (AvgIpc) is 2.23. The van der Waals surface area contributed by atoms with Crippen molar-refractivity contribution in [3.05, 3.63) is 29.3 Å². The summed E-state index contributed by atoms with van der Waals surface area (Å²) in [6.07, 6.45) is 0.515. The number of rotatable bonds is 5. The zero-order valence-electron chi connectivity index (χ0n) is 10.3. The highest BCUT2D eigenvalue weighted by atomic mass is 16.1.